The van der Waals surface area contributed by atoms with Gasteiger partial charge in [0.15, 0.2) is 0 Å². The van der Waals surface area contributed by atoms with Crippen LogP contribution in [-0.4, -0.2) is 15.5 Å². The number of methoxy groups -OCH3 is 1. The Hall–Kier alpha value is -2.79. The third-order valence-electron chi connectivity index (χ3n) is 4.20. The maximum absolute atomic E-state index is 12.9. The highest BCUT2D eigenvalue weighted by Crippen LogP contribution is 2.30. The minimum atomic E-state index is -3.71. The van der Waals surface area contributed by atoms with Crippen LogP contribution in [0, 0.1) is 0 Å². The molecule has 26 heavy (non-hydrogen) atoms. The molecular formula is C21H21NO3S. The lowest BCUT2D eigenvalue weighted by molar-refractivity contribution is 0.409. The number of aryl methyl sites for hydroxylation is 1. The molecule has 0 saturated heterocycles. The van der Waals surface area contributed by atoms with Crippen LogP contribution in [0.3, 0.4) is 0 Å². The van der Waals surface area contributed by atoms with Crippen molar-refractivity contribution in [2.24, 2.45) is 0 Å². The Morgan fingerprint density at radius 3 is 2.31 bits per heavy atom. The lowest BCUT2D eigenvalue weighted by Gasteiger charge is -2.14. The van der Waals surface area contributed by atoms with Crippen LogP contribution in [0.25, 0.3) is 11.1 Å². The summed E-state index contributed by atoms with van der Waals surface area (Å²) in [7, 11) is -2.13. The summed E-state index contributed by atoms with van der Waals surface area (Å²) in [5, 5.41) is 0. The molecule has 3 aromatic carbocycles. The first-order valence-electron chi connectivity index (χ1n) is 8.39. The number of ether oxygens (including phenoxy) is 1. The summed E-state index contributed by atoms with van der Waals surface area (Å²) < 4.78 is 33.8. The van der Waals surface area contributed by atoms with E-state index in [-0.39, 0.29) is 4.90 Å². The van der Waals surface area contributed by atoms with Crippen LogP contribution < -0.4 is 9.46 Å². The van der Waals surface area contributed by atoms with Gasteiger partial charge >= 0.3 is 0 Å². The third kappa shape index (κ3) is 3.73. The quantitative estimate of drug-likeness (QED) is 0.685. The minimum absolute atomic E-state index is 0.220. The summed E-state index contributed by atoms with van der Waals surface area (Å²) in [5.74, 6) is 0.691. The van der Waals surface area contributed by atoms with Gasteiger partial charge in [-0.2, -0.15) is 0 Å². The molecule has 0 saturated carbocycles. The number of para-hydroxylation sites is 1. The van der Waals surface area contributed by atoms with E-state index < -0.39 is 10.0 Å². The van der Waals surface area contributed by atoms with Crippen molar-refractivity contribution < 1.29 is 13.2 Å². The zero-order chi connectivity index (χ0) is 18.6. The predicted octanol–water partition coefficient (Wildman–Crippen LogP) is 4.73. The highest BCUT2D eigenvalue weighted by atomic mass is 32.2. The highest BCUT2D eigenvalue weighted by Gasteiger charge is 2.18. The van der Waals surface area contributed by atoms with Gasteiger partial charge < -0.3 is 4.74 Å². The molecule has 1 N–H and O–H groups in total. The summed E-state index contributed by atoms with van der Waals surface area (Å²) in [6, 6.07) is 22.0. The number of nitrogens with one attached hydrogen (secondary N) is 1. The molecular weight excluding hydrogens is 346 g/mol. The maximum atomic E-state index is 12.9. The van der Waals surface area contributed by atoms with Crippen LogP contribution in [0.4, 0.5) is 5.69 Å². The van der Waals surface area contributed by atoms with Gasteiger partial charge in [-0.25, -0.2) is 8.42 Å². The van der Waals surface area contributed by atoms with E-state index in [0.29, 0.717) is 17.9 Å². The molecule has 0 radical (unpaired) electrons. The molecule has 3 aromatic rings. The zero-order valence-electron chi connectivity index (χ0n) is 14.8. The molecule has 0 heterocycles. The minimum Gasteiger partial charge on any atom is -0.496 e. The largest absolute Gasteiger partial charge is 0.496 e. The van der Waals surface area contributed by atoms with E-state index in [1.807, 2.05) is 55.5 Å². The van der Waals surface area contributed by atoms with Gasteiger partial charge in [-0.1, -0.05) is 55.5 Å². The first-order chi connectivity index (χ1) is 12.5. The second kappa shape index (κ2) is 7.62. The summed E-state index contributed by atoms with van der Waals surface area (Å²) in [6.45, 7) is 1.96. The van der Waals surface area contributed by atoms with Crippen molar-refractivity contribution in [2.45, 2.75) is 18.2 Å². The van der Waals surface area contributed by atoms with Crippen LogP contribution in [-0.2, 0) is 16.4 Å². The van der Waals surface area contributed by atoms with Crippen molar-refractivity contribution in [1.82, 2.24) is 0 Å². The molecule has 0 aliphatic carbocycles. The smallest absolute Gasteiger partial charge is 0.261 e. The number of sulfonamides is 1. The maximum Gasteiger partial charge on any atom is 0.261 e. The Morgan fingerprint density at radius 1 is 0.923 bits per heavy atom. The summed E-state index contributed by atoms with van der Waals surface area (Å²) in [5.41, 5.74) is 3.19. The van der Waals surface area contributed by atoms with Gasteiger partial charge in [-0.3, -0.25) is 4.72 Å². The first-order valence-corrected chi connectivity index (χ1v) is 9.87. The van der Waals surface area contributed by atoms with Crippen LogP contribution in [0.1, 0.15) is 12.5 Å². The Kier molecular flexibility index (Phi) is 5.28. The van der Waals surface area contributed by atoms with Crippen LogP contribution in [0.15, 0.2) is 77.7 Å². The second-order valence-corrected chi connectivity index (χ2v) is 7.53. The molecule has 134 valence electrons. The fraction of sp³-hybridized carbons (Fsp3) is 0.143. The standard InChI is InChI=1S/C21H21NO3S/c1-3-16-15-18(13-14-21(16)25-2)26(23,24)22-20-12-8-7-11-19(20)17-9-5-4-6-10-17/h4-15,22H,3H2,1-2H3. The number of anilines is 1. The van der Waals surface area contributed by atoms with Gasteiger partial charge in [0.05, 0.1) is 17.7 Å². The van der Waals surface area contributed by atoms with Crippen molar-refractivity contribution in [1.29, 1.82) is 0 Å². The average Bonchev–Trinajstić information content (AvgIpc) is 2.68. The van der Waals surface area contributed by atoms with E-state index in [1.54, 1.807) is 31.4 Å². The molecule has 4 nitrogen and oxygen atoms in total. The summed E-state index contributed by atoms with van der Waals surface area (Å²) >= 11 is 0. The highest BCUT2D eigenvalue weighted by molar-refractivity contribution is 7.92. The fourth-order valence-corrected chi connectivity index (χ4v) is 3.97. The van der Waals surface area contributed by atoms with E-state index >= 15 is 0 Å². The van der Waals surface area contributed by atoms with Gasteiger partial charge in [0.2, 0.25) is 0 Å². The molecule has 0 unspecified atom stereocenters. The van der Waals surface area contributed by atoms with Crippen molar-refractivity contribution in [3.05, 3.63) is 78.4 Å². The monoisotopic (exact) mass is 367 g/mol. The van der Waals surface area contributed by atoms with Gasteiger partial charge in [0.25, 0.3) is 10.0 Å². The topological polar surface area (TPSA) is 55.4 Å². The van der Waals surface area contributed by atoms with Gasteiger partial charge in [0, 0.05) is 5.56 Å². The first kappa shape index (κ1) is 18.0. The number of benzene rings is 3. The van der Waals surface area contributed by atoms with Gasteiger partial charge in [-0.15, -0.1) is 0 Å². The molecule has 0 aromatic heterocycles. The Morgan fingerprint density at radius 2 is 1.62 bits per heavy atom. The van der Waals surface area contributed by atoms with Gasteiger partial charge in [0.1, 0.15) is 5.75 Å². The number of rotatable bonds is 6. The van der Waals surface area contributed by atoms with E-state index in [4.69, 9.17) is 4.74 Å². The lowest BCUT2D eigenvalue weighted by Crippen LogP contribution is -2.14. The molecule has 0 amide bonds. The normalized spacial score (nSPS) is 11.2. The molecule has 5 heteroatoms. The van der Waals surface area contributed by atoms with Crippen LogP contribution in [0.2, 0.25) is 0 Å². The van der Waals surface area contributed by atoms with E-state index in [0.717, 1.165) is 16.7 Å². The molecule has 0 atom stereocenters. The van der Waals surface area contributed by atoms with Crippen molar-refractivity contribution >= 4 is 15.7 Å². The van der Waals surface area contributed by atoms with E-state index in [9.17, 15) is 8.42 Å². The molecule has 0 spiro atoms. The molecule has 0 fully saturated rings. The SMILES string of the molecule is CCc1cc(S(=O)(=O)Nc2ccccc2-c2ccccc2)ccc1OC. The second-order valence-electron chi connectivity index (χ2n) is 5.84. The van der Waals surface area contributed by atoms with Crippen molar-refractivity contribution in [3.8, 4) is 16.9 Å². The number of hydrogen-bond acceptors (Lipinski definition) is 3. The predicted molar refractivity (Wildman–Crippen MR) is 105 cm³/mol. The summed E-state index contributed by atoms with van der Waals surface area (Å²) in [6.07, 6.45) is 0.688. The average molecular weight is 367 g/mol. The third-order valence-corrected chi connectivity index (χ3v) is 5.56. The molecule has 0 aliphatic heterocycles. The summed E-state index contributed by atoms with van der Waals surface area (Å²) in [4.78, 5) is 0.220. The van der Waals surface area contributed by atoms with Crippen molar-refractivity contribution in [2.75, 3.05) is 11.8 Å². The van der Waals surface area contributed by atoms with E-state index in [2.05, 4.69) is 4.72 Å². The fourth-order valence-electron chi connectivity index (χ4n) is 2.84. The van der Waals surface area contributed by atoms with E-state index in [1.165, 1.54) is 0 Å². The lowest BCUT2D eigenvalue weighted by atomic mass is 10.0. The van der Waals surface area contributed by atoms with Crippen LogP contribution in [0.5, 0.6) is 5.75 Å². The molecule has 0 aliphatic rings. The number of hydrogen-bond donors (Lipinski definition) is 1. The van der Waals surface area contributed by atoms with Gasteiger partial charge in [-0.05, 0) is 41.8 Å². The van der Waals surface area contributed by atoms with Crippen LogP contribution >= 0.6 is 0 Å². The Labute approximate surface area is 154 Å². The zero-order valence-corrected chi connectivity index (χ0v) is 15.6. The molecule has 0 bridgehead atoms. The Bertz CT molecular complexity index is 999. The molecule has 3 rings (SSSR count). The van der Waals surface area contributed by atoms with Crippen molar-refractivity contribution in [3.63, 3.8) is 0 Å². The Balaban J connectivity index is 1.99.